The van der Waals surface area contributed by atoms with E-state index in [1.54, 1.807) is 0 Å². The summed E-state index contributed by atoms with van der Waals surface area (Å²) in [5.74, 6) is 0.783. The SMILES string of the molecule is CC/C=C(NC1CC1)\C(C)=C\C1=C(C)c2ccccc2N(C(=O)c2cccc(-c3cccnc3N3CCOCC3)n2)CC1. The van der Waals surface area contributed by atoms with Gasteiger partial charge in [-0.2, -0.15) is 0 Å². The van der Waals surface area contributed by atoms with E-state index in [-0.39, 0.29) is 5.91 Å². The number of amides is 1. The van der Waals surface area contributed by atoms with E-state index in [1.165, 1.54) is 35.3 Å². The van der Waals surface area contributed by atoms with Gasteiger partial charge in [-0.1, -0.05) is 43.3 Å². The van der Waals surface area contributed by atoms with Crippen molar-refractivity contribution in [2.45, 2.75) is 52.5 Å². The maximum absolute atomic E-state index is 14.2. The van der Waals surface area contributed by atoms with Gasteiger partial charge in [0.1, 0.15) is 11.5 Å². The van der Waals surface area contributed by atoms with Gasteiger partial charge in [0.25, 0.3) is 5.91 Å². The molecule has 7 heteroatoms. The van der Waals surface area contributed by atoms with Crippen LogP contribution < -0.4 is 15.1 Å². The Morgan fingerprint density at radius 3 is 2.60 bits per heavy atom. The van der Waals surface area contributed by atoms with Gasteiger partial charge < -0.3 is 19.9 Å². The Hall–Kier alpha value is -4.23. The van der Waals surface area contributed by atoms with Gasteiger partial charge in [-0.25, -0.2) is 9.97 Å². The van der Waals surface area contributed by atoms with Crippen LogP contribution in [0.4, 0.5) is 11.5 Å². The molecule has 6 rings (SSSR count). The monoisotopic (exact) mass is 575 g/mol. The summed E-state index contributed by atoms with van der Waals surface area (Å²) >= 11 is 0. The molecule has 1 saturated carbocycles. The first kappa shape index (κ1) is 28.9. The van der Waals surface area contributed by atoms with E-state index in [4.69, 9.17) is 9.72 Å². The van der Waals surface area contributed by atoms with Crippen molar-refractivity contribution >= 4 is 23.0 Å². The van der Waals surface area contributed by atoms with E-state index in [9.17, 15) is 4.79 Å². The molecule has 0 spiro atoms. The second kappa shape index (κ2) is 13.0. The zero-order valence-electron chi connectivity index (χ0n) is 25.5. The number of rotatable bonds is 8. The number of allylic oxidation sites excluding steroid dienone is 4. The summed E-state index contributed by atoms with van der Waals surface area (Å²) in [4.78, 5) is 27.9. The summed E-state index contributed by atoms with van der Waals surface area (Å²) in [6, 6.07) is 18.5. The van der Waals surface area contributed by atoms with Gasteiger partial charge in [0, 0.05) is 48.7 Å². The second-order valence-electron chi connectivity index (χ2n) is 11.5. The summed E-state index contributed by atoms with van der Waals surface area (Å²) < 4.78 is 5.55. The number of nitrogens with zero attached hydrogens (tertiary/aromatic N) is 4. The van der Waals surface area contributed by atoms with E-state index < -0.39 is 0 Å². The fraction of sp³-hybridized carbons (Fsp3) is 0.361. The van der Waals surface area contributed by atoms with Crippen molar-refractivity contribution in [2.75, 3.05) is 42.6 Å². The molecule has 1 aromatic carbocycles. The maximum atomic E-state index is 14.2. The van der Waals surface area contributed by atoms with Crippen LogP contribution in [0.25, 0.3) is 16.8 Å². The smallest absolute Gasteiger partial charge is 0.276 e. The number of aromatic nitrogens is 2. The standard InChI is InChI=1S/C36H41N5O2/c1-4-9-31(38-28-15-16-28)25(2)24-27-17-19-41(34-14-6-5-10-29(34)26(27)3)36(42)33-13-7-12-32(39-33)30-11-8-18-37-35(30)40-20-22-43-23-21-40/h5-14,18,24,28,38H,4,15-17,19-23H2,1-3H3/b25-24+,31-9+. The fourth-order valence-electron chi connectivity index (χ4n) is 5.92. The van der Waals surface area contributed by atoms with Crippen molar-refractivity contribution in [1.29, 1.82) is 0 Å². The van der Waals surface area contributed by atoms with E-state index in [0.717, 1.165) is 54.3 Å². The molecule has 43 heavy (non-hydrogen) atoms. The Balaban J connectivity index is 1.30. The largest absolute Gasteiger partial charge is 0.382 e. The predicted octanol–water partition coefficient (Wildman–Crippen LogP) is 6.80. The summed E-state index contributed by atoms with van der Waals surface area (Å²) in [7, 11) is 0. The van der Waals surface area contributed by atoms with Crippen molar-refractivity contribution in [2.24, 2.45) is 0 Å². The number of carbonyl (C=O) groups is 1. The first-order valence-corrected chi connectivity index (χ1v) is 15.5. The van der Waals surface area contributed by atoms with Crippen LogP contribution in [-0.4, -0.2) is 54.8 Å². The lowest BCUT2D eigenvalue weighted by Gasteiger charge is -2.29. The molecule has 0 radical (unpaired) electrons. The molecule has 1 aliphatic carbocycles. The predicted molar refractivity (Wildman–Crippen MR) is 174 cm³/mol. The van der Waals surface area contributed by atoms with Crippen molar-refractivity contribution in [3.8, 4) is 11.3 Å². The number of nitrogens with one attached hydrogen (secondary N) is 1. The number of fused-ring (bicyclic) bond motifs is 1. The molecule has 2 fully saturated rings. The first-order chi connectivity index (χ1) is 21.0. The first-order valence-electron chi connectivity index (χ1n) is 15.5. The van der Waals surface area contributed by atoms with Crippen LogP contribution in [0.2, 0.25) is 0 Å². The molecule has 4 heterocycles. The van der Waals surface area contributed by atoms with Crippen molar-refractivity contribution in [1.82, 2.24) is 15.3 Å². The molecule has 222 valence electrons. The number of pyridine rings is 2. The van der Waals surface area contributed by atoms with Gasteiger partial charge in [-0.15, -0.1) is 0 Å². The molecule has 0 atom stereocenters. The van der Waals surface area contributed by atoms with Crippen molar-refractivity contribution < 1.29 is 9.53 Å². The third-order valence-electron chi connectivity index (χ3n) is 8.43. The van der Waals surface area contributed by atoms with Crippen molar-refractivity contribution in [3.05, 3.63) is 101 Å². The average molecular weight is 576 g/mol. The van der Waals surface area contributed by atoms with Crippen LogP contribution in [0, 0.1) is 0 Å². The normalized spacial score (nSPS) is 17.9. The number of ether oxygens (including phenoxy) is 1. The summed E-state index contributed by atoms with van der Waals surface area (Å²) in [5.41, 5.74) is 9.04. The number of benzene rings is 1. The minimum atomic E-state index is -0.0946. The average Bonchev–Trinajstić information content (AvgIpc) is 3.89. The van der Waals surface area contributed by atoms with E-state index in [2.05, 4.69) is 66.3 Å². The molecule has 1 amide bonds. The molecule has 1 N–H and O–H groups in total. The molecule has 0 bridgehead atoms. The summed E-state index contributed by atoms with van der Waals surface area (Å²) in [5, 5.41) is 3.71. The Morgan fingerprint density at radius 2 is 1.81 bits per heavy atom. The zero-order chi connectivity index (χ0) is 29.8. The van der Waals surface area contributed by atoms with E-state index in [1.807, 2.05) is 47.5 Å². The third kappa shape index (κ3) is 6.42. The minimum Gasteiger partial charge on any atom is -0.382 e. The molecule has 3 aromatic rings. The van der Waals surface area contributed by atoms with Crippen molar-refractivity contribution in [3.63, 3.8) is 0 Å². The van der Waals surface area contributed by atoms with Gasteiger partial charge in [0.15, 0.2) is 0 Å². The second-order valence-corrected chi connectivity index (χ2v) is 11.5. The zero-order valence-corrected chi connectivity index (χ0v) is 25.5. The Kier molecular flexibility index (Phi) is 8.70. The Labute approximate surface area is 255 Å². The van der Waals surface area contributed by atoms with Gasteiger partial charge in [-0.3, -0.25) is 4.79 Å². The summed E-state index contributed by atoms with van der Waals surface area (Å²) in [6.07, 6.45) is 10.6. The van der Waals surface area contributed by atoms with Gasteiger partial charge in [0.05, 0.1) is 24.6 Å². The fourth-order valence-corrected chi connectivity index (χ4v) is 5.92. The highest BCUT2D eigenvalue weighted by Gasteiger charge is 2.27. The molecule has 1 saturated heterocycles. The van der Waals surface area contributed by atoms with Crippen LogP contribution in [0.1, 0.15) is 62.5 Å². The quantitative estimate of drug-likeness (QED) is 0.298. The molecule has 2 aliphatic heterocycles. The molecule has 2 aromatic heterocycles. The molecule has 3 aliphatic rings. The Morgan fingerprint density at radius 1 is 1.02 bits per heavy atom. The lowest BCUT2D eigenvalue weighted by molar-refractivity contribution is 0.0982. The number of para-hydroxylation sites is 1. The van der Waals surface area contributed by atoms with Crippen LogP contribution >= 0.6 is 0 Å². The molecular formula is C36H41N5O2. The number of hydrogen-bond acceptors (Lipinski definition) is 6. The number of hydrogen-bond donors (Lipinski definition) is 1. The van der Waals surface area contributed by atoms with Gasteiger partial charge in [-0.05, 0) is 86.6 Å². The lowest BCUT2D eigenvalue weighted by Crippen LogP contribution is -2.37. The highest BCUT2D eigenvalue weighted by Crippen LogP contribution is 2.36. The minimum absolute atomic E-state index is 0.0946. The third-order valence-corrected chi connectivity index (χ3v) is 8.43. The number of anilines is 2. The number of morpholine rings is 1. The van der Waals surface area contributed by atoms with Gasteiger partial charge in [0.2, 0.25) is 0 Å². The van der Waals surface area contributed by atoms with Crippen LogP contribution in [-0.2, 0) is 4.74 Å². The lowest BCUT2D eigenvalue weighted by atomic mass is 9.97. The van der Waals surface area contributed by atoms with E-state index >= 15 is 0 Å². The maximum Gasteiger partial charge on any atom is 0.276 e. The Bertz CT molecular complexity index is 1580. The molecule has 0 unspecified atom stereocenters. The summed E-state index contributed by atoms with van der Waals surface area (Å²) in [6.45, 7) is 10.0. The number of carbonyl (C=O) groups excluding carboxylic acids is 1. The highest BCUT2D eigenvalue weighted by atomic mass is 16.5. The van der Waals surface area contributed by atoms with Crippen LogP contribution in [0.15, 0.2) is 89.8 Å². The van der Waals surface area contributed by atoms with Crippen LogP contribution in [0.3, 0.4) is 0 Å². The van der Waals surface area contributed by atoms with Gasteiger partial charge >= 0.3 is 0 Å². The molecule has 7 nitrogen and oxygen atoms in total. The van der Waals surface area contributed by atoms with E-state index in [0.29, 0.717) is 31.5 Å². The topological polar surface area (TPSA) is 70.6 Å². The van der Waals surface area contributed by atoms with Crippen LogP contribution in [0.5, 0.6) is 0 Å². The molecular weight excluding hydrogens is 534 g/mol. The highest BCUT2D eigenvalue weighted by molar-refractivity contribution is 6.07.